The molecule has 3 aromatic carbocycles. The zero-order valence-electron chi connectivity index (χ0n) is 17.2. The van der Waals surface area contributed by atoms with Gasteiger partial charge in [-0.1, -0.05) is 55.3 Å². The molecule has 0 radical (unpaired) electrons. The Labute approximate surface area is 182 Å². The first-order chi connectivity index (χ1) is 14.7. The first-order valence-electron chi connectivity index (χ1n) is 10.3. The van der Waals surface area contributed by atoms with Gasteiger partial charge in [0, 0.05) is 11.3 Å². The van der Waals surface area contributed by atoms with E-state index in [1.807, 2.05) is 11.8 Å². The highest BCUT2D eigenvalue weighted by molar-refractivity contribution is 7.99. The van der Waals surface area contributed by atoms with E-state index in [1.165, 1.54) is 22.8 Å². The number of para-hydroxylation sites is 1. The van der Waals surface area contributed by atoms with Crippen LogP contribution in [-0.4, -0.2) is 24.7 Å². The maximum atomic E-state index is 12.2. The standard InChI is InChI=1S/C25H27NO3S/c1-29-25(28)22-12-7-8-13-23(22)26-24(27)14-4-2-3-9-17-30-21-16-15-19-10-5-6-11-20(19)18-21/h5-8,10-13,15-16,18H,2-4,9,14,17H2,1H3,(H,26,27). The second-order valence-corrected chi connectivity index (χ2v) is 8.28. The number of benzene rings is 3. The van der Waals surface area contributed by atoms with Crippen molar-refractivity contribution in [3.8, 4) is 0 Å². The maximum absolute atomic E-state index is 12.2. The van der Waals surface area contributed by atoms with Crippen LogP contribution in [0.4, 0.5) is 5.69 Å². The van der Waals surface area contributed by atoms with Crippen molar-refractivity contribution < 1.29 is 14.3 Å². The van der Waals surface area contributed by atoms with Crippen LogP contribution in [0.25, 0.3) is 10.8 Å². The van der Waals surface area contributed by atoms with Crippen molar-refractivity contribution in [2.24, 2.45) is 0 Å². The lowest BCUT2D eigenvalue weighted by Gasteiger charge is -2.09. The van der Waals surface area contributed by atoms with Crippen LogP contribution in [0.3, 0.4) is 0 Å². The van der Waals surface area contributed by atoms with Crippen LogP contribution in [0.15, 0.2) is 71.6 Å². The van der Waals surface area contributed by atoms with Gasteiger partial charge in [-0.05, 0) is 53.6 Å². The van der Waals surface area contributed by atoms with Crippen LogP contribution in [0.2, 0.25) is 0 Å². The van der Waals surface area contributed by atoms with Crippen molar-refractivity contribution in [3.05, 3.63) is 72.3 Å². The van der Waals surface area contributed by atoms with Crippen molar-refractivity contribution in [1.82, 2.24) is 0 Å². The van der Waals surface area contributed by atoms with Crippen LogP contribution in [0, 0.1) is 0 Å². The third-order valence-corrected chi connectivity index (χ3v) is 5.97. The molecule has 0 bridgehead atoms. The smallest absolute Gasteiger partial charge is 0.339 e. The lowest BCUT2D eigenvalue weighted by atomic mass is 10.1. The quantitative estimate of drug-likeness (QED) is 0.237. The number of unbranched alkanes of at least 4 members (excludes halogenated alkanes) is 3. The Balaban J connectivity index is 1.32. The number of thioether (sulfide) groups is 1. The van der Waals surface area contributed by atoms with Gasteiger partial charge in [0.2, 0.25) is 5.91 Å². The van der Waals surface area contributed by atoms with Gasteiger partial charge < -0.3 is 10.1 Å². The fourth-order valence-corrected chi connectivity index (χ4v) is 4.24. The Morgan fingerprint density at radius 2 is 1.60 bits per heavy atom. The van der Waals surface area contributed by atoms with E-state index in [-0.39, 0.29) is 5.91 Å². The number of amides is 1. The molecule has 0 spiro atoms. The molecule has 1 amide bonds. The average Bonchev–Trinajstić information content (AvgIpc) is 2.78. The largest absolute Gasteiger partial charge is 0.465 e. The lowest BCUT2D eigenvalue weighted by molar-refractivity contribution is -0.116. The molecular formula is C25H27NO3S. The van der Waals surface area contributed by atoms with Gasteiger partial charge in [-0.15, -0.1) is 11.8 Å². The normalized spacial score (nSPS) is 10.7. The summed E-state index contributed by atoms with van der Waals surface area (Å²) in [4.78, 5) is 25.3. The summed E-state index contributed by atoms with van der Waals surface area (Å²) in [6.07, 6.45) is 4.54. The minimum absolute atomic E-state index is 0.0723. The van der Waals surface area contributed by atoms with Crippen LogP contribution in [-0.2, 0) is 9.53 Å². The molecule has 0 unspecified atom stereocenters. The number of carbonyl (C=O) groups is 2. The number of fused-ring (bicyclic) bond motifs is 1. The van der Waals surface area contributed by atoms with Gasteiger partial charge in [-0.2, -0.15) is 0 Å². The minimum atomic E-state index is -0.449. The number of esters is 1. The molecule has 30 heavy (non-hydrogen) atoms. The molecule has 0 heterocycles. The van der Waals surface area contributed by atoms with Crippen molar-refractivity contribution in [2.45, 2.75) is 37.0 Å². The van der Waals surface area contributed by atoms with Gasteiger partial charge in [-0.3, -0.25) is 4.79 Å². The topological polar surface area (TPSA) is 55.4 Å². The molecule has 0 saturated carbocycles. The van der Waals surface area contributed by atoms with Crippen molar-refractivity contribution in [1.29, 1.82) is 0 Å². The molecule has 3 aromatic rings. The Bertz CT molecular complexity index is 1000. The number of ether oxygens (including phenoxy) is 1. The van der Waals surface area contributed by atoms with E-state index in [9.17, 15) is 9.59 Å². The second kappa shape index (κ2) is 11.4. The third kappa shape index (κ3) is 6.36. The number of rotatable bonds is 10. The van der Waals surface area contributed by atoms with Crippen molar-refractivity contribution in [3.63, 3.8) is 0 Å². The molecule has 4 nitrogen and oxygen atoms in total. The lowest BCUT2D eigenvalue weighted by Crippen LogP contribution is -2.14. The number of hydrogen-bond donors (Lipinski definition) is 1. The van der Waals surface area contributed by atoms with Gasteiger partial charge in [0.25, 0.3) is 0 Å². The number of methoxy groups -OCH3 is 1. The zero-order valence-corrected chi connectivity index (χ0v) is 18.0. The summed E-state index contributed by atoms with van der Waals surface area (Å²) in [7, 11) is 1.33. The van der Waals surface area contributed by atoms with E-state index in [1.54, 1.807) is 24.3 Å². The van der Waals surface area contributed by atoms with E-state index in [4.69, 9.17) is 4.74 Å². The fourth-order valence-electron chi connectivity index (χ4n) is 3.28. The monoisotopic (exact) mass is 421 g/mol. The summed E-state index contributed by atoms with van der Waals surface area (Å²) in [5.74, 6) is 0.559. The summed E-state index contributed by atoms with van der Waals surface area (Å²) in [6.45, 7) is 0. The van der Waals surface area contributed by atoms with E-state index in [2.05, 4.69) is 47.8 Å². The second-order valence-electron chi connectivity index (χ2n) is 7.11. The van der Waals surface area contributed by atoms with Gasteiger partial charge in [0.1, 0.15) is 0 Å². The SMILES string of the molecule is COC(=O)c1ccccc1NC(=O)CCCCCCSc1ccc2ccccc2c1. The van der Waals surface area contributed by atoms with E-state index < -0.39 is 5.97 Å². The molecule has 0 saturated heterocycles. The summed E-state index contributed by atoms with van der Waals surface area (Å²) >= 11 is 1.88. The first kappa shape index (κ1) is 21.9. The molecule has 1 N–H and O–H groups in total. The summed E-state index contributed by atoms with van der Waals surface area (Å²) in [5, 5.41) is 5.37. The Kier molecular flexibility index (Phi) is 8.33. The molecule has 0 aromatic heterocycles. The van der Waals surface area contributed by atoms with Gasteiger partial charge in [-0.25, -0.2) is 4.79 Å². The highest BCUT2D eigenvalue weighted by atomic mass is 32.2. The maximum Gasteiger partial charge on any atom is 0.339 e. The number of carbonyl (C=O) groups excluding carboxylic acids is 2. The molecule has 5 heteroatoms. The Hall–Kier alpha value is -2.79. The minimum Gasteiger partial charge on any atom is -0.465 e. The molecule has 0 fully saturated rings. The summed E-state index contributed by atoms with van der Waals surface area (Å²) in [6, 6.07) is 21.9. The molecule has 156 valence electrons. The zero-order chi connectivity index (χ0) is 21.2. The molecule has 3 rings (SSSR count). The number of hydrogen-bond acceptors (Lipinski definition) is 4. The molecular weight excluding hydrogens is 394 g/mol. The number of nitrogens with one attached hydrogen (secondary N) is 1. The van der Waals surface area contributed by atoms with Crippen LogP contribution >= 0.6 is 11.8 Å². The predicted molar refractivity (Wildman–Crippen MR) is 124 cm³/mol. The summed E-state index contributed by atoms with van der Waals surface area (Å²) in [5.41, 5.74) is 0.875. The van der Waals surface area contributed by atoms with E-state index >= 15 is 0 Å². The van der Waals surface area contributed by atoms with E-state index in [0.717, 1.165) is 31.4 Å². The highest BCUT2D eigenvalue weighted by Crippen LogP contribution is 2.24. The Morgan fingerprint density at radius 3 is 2.43 bits per heavy atom. The molecule has 0 aliphatic rings. The van der Waals surface area contributed by atoms with Crippen LogP contribution in [0.1, 0.15) is 42.5 Å². The van der Waals surface area contributed by atoms with Crippen molar-refractivity contribution in [2.75, 3.05) is 18.2 Å². The highest BCUT2D eigenvalue weighted by Gasteiger charge is 2.12. The molecule has 0 atom stereocenters. The Morgan fingerprint density at radius 1 is 0.867 bits per heavy atom. The van der Waals surface area contributed by atoms with Crippen LogP contribution < -0.4 is 5.32 Å². The molecule has 0 aliphatic carbocycles. The van der Waals surface area contributed by atoms with Crippen molar-refractivity contribution >= 4 is 40.1 Å². The van der Waals surface area contributed by atoms with Gasteiger partial charge in [0.15, 0.2) is 0 Å². The third-order valence-electron chi connectivity index (χ3n) is 4.89. The number of anilines is 1. The fraction of sp³-hybridized carbons (Fsp3) is 0.280. The predicted octanol–water partition coefficient (Wildman–Crippen LogP) is 6.31. The first-order valence-corrected chi connectivity index (χ1v) is 11.2. The van der Waals surface area contributed by atoms with E-state index in [0.29, 0.717) is 17.7 Å². The molecule has 0 aliphatic heterocycles. The summed E-state index contributed by atoms with van der Waals surface area (Å²) < 4.78 is 4.76. The van der Waals surface area contributed by atoms with Gasteiger partial charge >= 0.3 is 5.97 Å². The average molecular weight is 422 g/mol. The van der Waals surface area contributed by atoms with Crippen LogP contribution in [0.5, 0.6) is 0 Å². The van der Waals surface area contributed by atoms with Gasteiger partial charge in [0.05, 0.1) is 18.4 Å².